The first-order valence-corrected chi connectivity index (χ1v) is 8.72. The Kier molecular flexibility index (Phi) is 3.89. The van der Waals surface area contributed by atoms with Crippen LogP contribution in [0.4, 0.5) is 5.82 Å². The highest BCUT2D eigenvalue weighted by Crippen LogP contribution is 2.30. The molecular weight excluding hydrogens is 324 g/mol. The van der Waals surface area contributed by atoms with Crippen LogP contribution < -0.4 is 5.73 Å². The molecule has 4 aromatic rings. The number of aliphatic hydroxyl groups is 1. The Hall–Kier alpha value is -2.92. The van der Waals surface area contributed by atoms with E-state index in [0.29, 0.717) is 24.3 Å². The fourth-order valence-electron chi connectivity index (χ4n) is 3.38. The van der Waals surface area contributed by atoms with E-state index in [1.165, 1.54) is 0 Å². The number of hydrogen-bond donors (Lipinski definition) is 2. The molecule has 5 heteroatoms. The molecule has 0 unspecified atom stereocenters. The number of aromatic nitrogens is 3. The second-order valence-corrected chi connectivity index (χ2v) is 7.30. The third-order valence-electron chi connectivity index (χ3n) is 4.44. The van der Waals surface area contributed by atoms with Gasteiger partial charge in [-0.05, 0) is 25.5 Å². The van der Waals surface area contributed by atoms with E-state index in [1.807, 2.05) is 42.5 Å². The molecule has 0 aliphatic rings. The molecule has 2 heterocycles. The van der Waals surface area contributed by atoms with Crippen molar-refractivity contribution < 1.29 is 5.11 Å². The molecule has 0 radical (unpaired) electrons. The molecule has 2 aromatic carbocycles. The molecule has 26 heavy (non-hydrogen) atoms. The lowest BCUT2D eigenvalue weighted by Crippen LogP contribution is -2.27. The van der Waals surface area contributed by atoms with Gasteiger partial charge in [-0.25, -0.2) is 9.97 Å². The predicted octanol–water partition coefficient (Wildman–Crippen LogP) is 3.53. The number of nitrogens with two attached hydrogens (primary N) is 1. The van der Waals surface area contributed by atoms with Crippen LogP contribution in [0.25, 0.3) is 21.9 Å². The fraction of sp³-hybridized carbons (Fsp3) is 0.238. The summed E-state index contributed by atoms with van der Waals surface area (Å²) in [4.78, 5) is 9.31. The zero-order valence-electron chi connectivity index (χ0n) is 15.0. The van der Waals surface area contributed by atoms with Gasteiger partial charge in [0, 0.05) is 11.8 Å². The Bertz CT molecular complexity index is 1080. The predicted molar refractivity (Wildman–Crippen MR) is 105 cm³/mol. The largest absolute Gasteiger partial charge is 0.389 e. The number of fused-ring (bicyclic) bond motifs is 3. The van der Waals surface area contributed by atoms with Gasteiger partial charge in [0.2, 0.25) is 0 Å². The SMILES string of the molecule is CC(C)(O)Cn1c(Cc2ccccc2)nc2c(N)nc3ccccc3c21. The zero-order valence-corrected chi connectivity index (χ0v) is 15.0. The molecule has 0 atom stereocenters. The van der Waals surface area contributed by atoms with Crippen molar-refractivity contribution in [2.45, 2.75) is 32.4 Å². The summed E-state index contributed by atoms with van der Waals surface area (Å²) in [7, 11) is 0. The lowest BCUT2D eigenvalue weighted by molar-refractivity contribution is 0.0619. The van der Waals surface area contributed by atoms with Crippen molar-refractivity contribution in [3.63, 3.8) is 0 Å². The average molecular weight is 346 g/mol. The summed E-state index contributed by atoms with van der Waals surface area (Å²) in [6, 6.07) is 18.1. The number of nitrogen functional groups attached to an aromatic ring is 1. The third kappa shape index (κ3) is 3.02. The maximum absolute atomic E-state index is 10.5. The molecule has 0 aliphatic carbocycles. The van der Waals surface area contributed by atoms with Crippen LogP contribution in [0.3, 0.4) is 0 Å². The minimum atomic E-state index is -0.877. The van der Waals surface area contributed by atoms with Crippen LogP contribution >= 0.6 is 0 Å². The maximum Gasteiger partial charge on any atom is 0.152 e. The summed E-state index contributed by atoms with van der Waals surface area (Å²) in [5, 5.41) is 11.5. The fourth-order valence-corrected chi connectivity index (χ4v) is 3.38. The van der Waals surface area contributed by atoms with E-state index in [0.717, 1.165) is 27.8 Å². The van der Waals surface area contributed by atoms with Crippen LogP contribution in [0.2, 0.25) is 0 Å². The first kappa shape index (κ1) is 16.5. The van der Waals surface area contributed by atoms with Gasteiger partial charge in [-0.1, -0.05) is 48.5 Å². The van der Waals surface area contributed by atoms with Crippen LogP contribution in [0.5, 0.6) is 0 Å². The summed E-state index contributed by atoms with van der Waals surface area (Å²) in [6.45, 7) is 4.04. The van der Waals surface area contributed by atoms with E-state index in [2.05, 4.69) is 21.7 Å². The smallest absolute Gasteiger partial charge is 0.152 e. The second kappa shape index (κ2) is 6.11. The van der Waals surface area contributed by atoms with Crippen LogP contribution in [0, 0.1) is 0 Å². The van der Waals surface area contributed by atoms with Gasteiger partial charge in [0.1, 0.15) is 11.3 Å². The molecule has 0 spiro atoms. The Morgan fingerprint density at radius 3 is 2.42 bits per heavy atom. The van der Waals surface area contributed by atoms with Gasteiger partial charge in [-0.15, -0.1) is 0 Å². The lowest BCUT2D eigenvalue weighted by atomic mass is 10.1. The average Bonchev–Trinajstić information content (AvgIpc) is 2.93. The van der Waals surface area contributed by atoms with Gasteiger partial charge < -0.3 is 15.4 Å². The van der Waals surface area contributed by atoms with E-state index in [1.54, 1.807) is 13.8 Å². The van der Waals surface area contributed by atoms with E-state index < -0.39 is 5.60 Å². The highest BCUT2D eigenvalue weighted by molar-refractivity contribution is 6.06. The minimum absolute atomic E-state index is 0.419. The van der Waals surface area contributed by atoms with E-state index in [4.69, 9.17) is 10.7 Å². The van der Waals surface area contributed by atoms with Gasteiger partial charge in [0.15, 0.2) is 5.82 Å². The molecule has 0 saturated heterocycles. The second-order valence-electron chi connectivity index (χ2n) is 7.30. The number of anilines is 1. The monoisotopic (exact) mass is 346 g/mol. The quantitative estimate of drug-likeness (QED) is 0.593. The lowest BCUT2D eigenvalue weighted by Gasteiger charge is -2.20. The molecule has 4 rings (SSSR count). The van der Waals surface area contributed by atoms with Crippen LogP contribution in [0.1, 0.15) is 25.2 Å². The number of rotatable bonds is 4. The standard InChI is InChI=1S/C21H22N4O/c1-21(2,26)13-25-17(12-14-8-4-3-5-9-14)24-18-19(25)15-10-6-7-11-16(15)23-20(18)22/h3-11,26H,12-13H2,1-2H3,(H2,22,23). The van der Waals surface area contributed by atoms with Crippen molar-refractivity contribution >= 4 is 27.8 Å². The van der Waals surface area contributed by atoms with Crippen LogP contribution in [-0.2, 0) is 13.0 Å². The Labute approximate surface area is 152 Å². The van der Waals surface area contributed by atoms with Gasteiger partial charge in [0.05, 0.1) is 23.2 Å². The first-order chi connectivity index (χ1) is 12.4. The Morgan fingerprint density at radius 1 is 1.00 bits per heavy atom. The molecular formula is C21H22N4O. The van der Waals surface area contributed by atoms with Gasteiger partial charge in [-0.3, -0.25) is 0 Å². The molecule has 5 nitrogen and oxygen atoms in total. The molecule has 0 aliphatic heterocycles. The van der Waals surface area contributed by atoms with Crippen molar-refractivity contribution in [1.29, 1.82) is 0 Å². The minimum Gasteiger partial charge on any atom is -0.389 e. The van der Waals surface area contributed by atoms with Crippen molar-refractivity contribution in [3.05, 3.63) is 66.0 Å². The zero-order chi connectivity index (χ0) is 18.3. The summed E-state index contributed by atoms with van der Waals surface area (Å²) in [5.41, 5.74) is 8.96. The molecule has 3 N–H and O–H groups in total. The van der Waals surface area contributed by atoms with Crippen molar-refractivity contribution in [1.82, 2.24) is 14.5 Å². The summed E-state index contributed by atoms with van der Waals surface area (Å²) < 4.78 is 2.09. The highest BCUT2D eigenvalue weighted by Gasteiger charge is 2.22. The molecule has 0 fully saturated rings. The van der Waals surface area contributed by atoms with E-state index >= 15 is 0 Å². The van der Waals surface area contributed by atoms with Gasteiger partial charge >= 0.3 is 0 Å². The Balaban J connectivity index is 2.00. The number of para-hydroxylation sites is 1. The Morgan fingerprint density at radius 2 is 1.69 bits per heavy atom. The first-order valence-electron chi connectivity index (χ1n) is 8.72. The van der Waals surface area contributed by atoms with Crippen LogP contribution in [-0.4, -0.2) is 25.2 Å². The summed E-state index contributed by atoms with van der Waals surface area (Å²) in [5.74, 6) is 1.29. The number of nitrogens with zero attached hydrogens (tertiary/aromatic N) is 3. The number of imidazole rings is 1. The number of hydrogen-bond acceptors (Lipinski definition) is 4. The molecule has 0 bridgehead atoms. The normalized spacial score (nSPS) is 12.1. The van der Waals surface area contributed by atoms with Crippen molar-refractivity contribution in [2.24, 2.45) is 0 Å². The third-order valence-corrected chi connectivity index (χ3v) is 4.44. The van der Waals surface area contributed by atoms with Gasteiger partial charge in [0.25, 0.3) is 0 Å². The molecule has 0 saturated carbocycles. The maximum atomic E-state index is 10.5. The summed E-state index contributed by atoms with van der Waals surface area (Å²) in [6.07, 6.45) is 0.666. The van der Waals surface area contributed by atoms with Gasteiger partial charge in [-0.2, -0.15) is 0 Å². The summed E-state index contributed by atoms with van der Waals surface area (Å²) >= 11 is 0. The van der Waals surface area contributed by atoms with Crippen molar-refractivity contribution in [3.8, 4) is 0 Å². The topological polar surface area (TPSA) is 77.0 Å². The highest BCUT2D eigenvalue weighted by atomic mass is 16.3. The van der Waals surface area contributed by atoms with Crippen LogP contribution in [0.15, 0.2) is 54.6 Å². The molecule has 132 valence electrons. The number of pyridine rings is 1. The van der Waals surface area contributed by atoms with Crippen molar-refractivity contribution in [2.75, 3.05) is 5.73 Å². The van der Waals surface area contributed by atoms with E-state index in [9.17, 15) is 5.11 Å². The number of benzene rings is 2. The van der Waals surface area contributed by atoms with E-state index in [-0.39, 0.29) is 0 Å². The molecule has 2 aromatic heterocycles. The molecule has 0 amide bonds.